The number of carbonyl (C=O) groups is 2. The average Bonchev–Trinajstić information content (AvgIpc) is 2.06. The van der Waals surface area contributed by atoms with Gasteiger partial charge in [-0.3, -0.25) is 4.79 Å². The Hall–Kier alpha value is -1.32. The number of hydrogen-bond donors (Lipinski definition) is 0. The van der Waals surface area contributed by atoms with E-state index in [1.54, 1.807) is 6.92 Å². The fourth-order valence-corrected chi connectivity index (χ4v) is 0.151. The SMILES string of the molecule is C=CC(=O)OC.CCOC=O. The zero-order valence-electron chi connectivity index (χ0n) is 6.70. The third kappa shape index (κ3) is 17.7. The van der Waals surface area contributed by atoms with Gasteiger partial charge in [-0.15, -0.1) is 0 Å². The van der Waals surface area contributed by atoms with Crippen molar-refractivity contribution >= 4 is 12.4 Å². The summed E-state index contributed by atoms with van der Waals surface area (Å²) in [4.78, 5) is 19.0. The van der Waals surface area contributed by atoms with Gasteiger partial charge < -0.3 is 9.47 Å². The van der Waals surface area contributed by atoms with E-state index in [0.717, 1.165) is 6.08 Å². The molecule has 0 saturated carbocycles. The van der Waals surface area contributed by atoms with Crippen LogP contribution < -0.4 is 0 Å². The van der Waals surface area contributed by atoms with Crippen LogP contribution in [0.3, 0.4) is 0 Å². The molecule has 0 unspecified atom stereocenters. The highest BCUT2D eigenvalue weighted by Crippen LogP contribution is 1.67. The van der Waals surface area contributed by atoms with Crippen molar-refractivity contribution in [2.45, 2.75) is 6.92 Å². The first-order chi connectivity index (χ1) is 5.22. The number of esters is 1. The fraction of sp³-hybridized carbons (Fsp3) is 0.429. The number of methoxy groups -OCH3 is 1. The van der Waals surface area contributed by atoms with Gasteiger partial charge in [-0.1, -0.05) is 6.58 Å². The second-order valence-electron chi connectivity index (χ2n) is 1.28. The summed E-state index contributed by atoms with van der Waals surface area (Å²) < 4.78 is 8.30. The predicted octanol–water partition coefficient (Wildman–Crippen LogP) is 0.525. The van der Waals surface area contributed by atoms with Crippen molar-refractivity contribution in [1.29, 1.82) is 0 Å². The molecule has 64 valence electrons. The molecule has 4 heteroatoms. The Morgan fingerprint density at radius 2 is 2.18 bits per heavy atom. The molecule has 0 radical (unpaired) electrons. The van der Waals surface area contributed by atoms with Gasteiger partial charge in [0.15, 0.2) is 0 Å². The van der Waals surface area contributed by atoms with Gasteiger partial charge in [0, 0.05) is 6.08 Å². The van der Waals surface area contributed by atoms with Gasteiger partial charge in [0.2, 0.25) is 0 Å². The van der Waals surface area contributed by atoms with Crippen molar-refractivity contribution in [2.75, 3.05) is 13.7 Å². The molecule has 0 aliphatic rings. The van der Waals surface area contributed by atoms with Gasteiger partial charge in [-0.25, -0.2) is 4.79 Å². The highest BCUT2D eigenvalue weighted by Gasteiger charge is 1.81. The normalized spacial score (nSPS) is 6.73. The molecule has 0 N–H and O–H groups in total. The molecule has 0 aromatic rings. The van der Waals surface area contributed by atoms with E-state index in [2.05, 4.69) is 16.1 Å². The van der Waals surface area contributed by atoms with Crippen LogP contribution in [-0.2, 0) is 19.1 Å². The molecule has 0 fully saturated rings. The molecule has 0 rings (SSSR count). The molecule has 0 bridgehead atoms. The standard InChI is InChI=1S/C4H6O2.C3H6O2/c1-3-4(5)6-2;1-2-5-3-4/h3H,1H2,2H3;3H,2H2,1H3. The van der Waals surface area contributed by atoms with Crippen LogP contribution in [0.4, 0.5) is 0 Å². The Morgan fingerprint density at radius 3 is 2.18 bits per heavy atom. The minimum Gasteiger partial charge on any atom is -0.468 e. The second-order valence-corrected chi connectivity index (χ2v) is 1.28. The smallest absolute Gasteiger partial charge is 0.329 e. The molecule has 0 aromatic heterocycles. The first kappa shape index (κ1) is 12.4. The van der Waals surface area contributed by atoms with E-state index in [0.29, 0.717) is 13.1 Å². The van der Waals surface area contributed by atoms with Crippen LogP contribution in [0.2, 0.25) is 0 Å². The summed E-state index contributed by atoms with van der Waals surface area (Å²) in [6, 6.07) is 0. The van der Waals surface area contributed by atoms with E-state index in [9.17, 15) is 9.59 Å². The minimum atomic E-state index is -0.394. The quantitative estimate of drug-likeness (QED) is 0.343. The van der Waals surface area contributed by atoms with Crippen LogP contribution in [0.1, 0.15) is 6.92 Å². The zero-order valence-corrected chi connectivity index (χ0v) is 6.70. The topological polar surface area (TPSA) is 52.6 Å². The first-order valence-corrected chi connectivity index (χ1v) is 2.98. The lowest BCUT2D eigenvalue weighted by Gasteiger charge is -1.83. The van der Waals surface area contributed by atoms with E-state index >= 15 is 0 Å². The molecule has 0 aromatic carbocycles. The minimum absolute atomic E-state index is 0.394. The van der Waals surface area contributed by atoms with E-state index < -0.39 is 5.97 Å². The van der Waals surface area contributed by atoms with Crippen LogP contribution in [0, 0.1) is 0 Å². The zero-order chi connectivity index (χ0) is 9.11. The summed E-state index contributed by atoms with van der Waals surface area (Å²) in [7, 11) is 1.31. The second kappa shape index (κ2) is 11.5. The van der Waals surface area contributed by atoms with Crippen molar-refractivity contribution in [1.82, 2.24) is 0 Å². The maximum Gasteiger partial charge on any atom is 0.329 e. The lowest BCUT2D eigenvalue weighted by atomic mass is 10.7. The molecular formula is C7H12O4. The Balaban J connectivity index is 0. The molecule has 0 heterocycles. The van der Waals surface area contributed by atoms with E-state index in [1.807, 2.05) is 0 Å². The third-order valence-electron chi connectivity index (χ3n) is 0.603. The molecule has 4 nitrogen and oxygen atoms in total. The number of rotatable bonds is 3. The fourth-order valence-electron chi connectivity index (χ4n) is 0.151. The first-order valence-electron chi connectivity index (χ1n) is 2.98. The monoisotopic (exact) mass is 160 g/mol. The Kier molecular flexibility index (Phi) is 12.9. The molecule has 0 aliphatic carbocycles. The van der Waals surface area contributed by atoms with Crippen molar-refractivity contribution in [2.24, 2.45) is 0 Å². The molecule has 11 heavy (non-hydrogen) atoms. The van der Waals surface area contributed by atoms with Crippen LogP contribution in [0.15, 0.2) is 12.7 Å². The van der Waals surface area contributed by atoms with Crippen molar-refractivity contribution in [3.8, 4) is 0 Å². The predicted molar refractivity (Wildman–Crippen MR) is 39.9 cm³/mol. The van der Waals surface area contributed by atoms with Gasteiger partial charge in [0.05, 0.1) is 13.7 Å². The lowest BCUT2D eigenvalue weighted by Crippen LogP contribution is -1.91. The molecule has 0 atom stereocenters. The average molecular weight is 160 g/mol. The van der Waals surface area contributed by atoms with E-state index in [4.69, 9.17) is 0 Å². The Bertz CT molecular complexity index is 120. The Morgan fingerprint density at radius 1 is 1.64 bits per heavy atom. The maximum absolute atomic E-state index is 9.84. The lowest BCUT2D eigenvalue weighted by molar-refractivity contribution is -0.134. The van der Waals surface area contributed by atoms with Crippen molar-refractivity contribution in [3.05, 3.63) is 12.7 Å². The van der Waals surface area contributed by atoms with E-state index in [1.165, 1.54) is 7.11 Å². The van der Waals surface area contributed by atoms with Crippen LogP contribution in [-0.4, -0.2) is 26.2 Å². The highest BCUT2D eigenvalue weighted by molar-refractivity contribution is 5.80. The van der Waals surface area contributed by atoms with Crippen LogP contribution in [0.25, 0.3) is 0 Å². The van der Waals surface area contributed by atoms with Crippen molar-refractivity contribution < 1.29 is 19.1 Å². The number of hydrogen-bond acceptors (Lipinski definition) is 4. The van der Waals surface area contributed by atoms with Crippen molar-refractivity contribution in [3.63, 3.8) is 0 Å². The maximum atomic E-state index is 9.84. The highest BCUT2D eigenvalue weighted by atomic mass is 16.5. The molecule has 0 spiro atoms. The Labute approximate surface area is 65.8 Å². The molecule has 0 saturated heterocycles. The summed E-state index contributed by atoms with van der Waals surface area (Å²) in [5.74, 6) is -0.394. The van der Waals surface area contributed by atoms with Gasteiger partial charge >= 0.3 is 5.97 Å². The van der Waals surface area contributed by atoms with Gasteiger partial charge in [0.25, 0.3) is 6.47 Å². The largest absolute Gasteiger partial charge is 0.468 e. The summed E-state index contributed by atoms with van der Waals surface area (Å²) in [6.07, 6.45) is 1.11. The molecule has 0 amide bonds. The van der Waals surface area contributed by atoms with Gasteiger partial charge in [-0.05, 0) is 6.92 Å². The number of carbonyl (C=O) groups excluding carboxylic acids is 2. The third-order valence-corrected chi connectivity index (χ3v) is 0.603. The molecule has 0 aliphatic heterocycles. The van der Waals surface area contributed by atoms with Crippen LogP contribution >= 0.6 is 0 Å². The van der Waals surface area contributed by atoms with Gasteiger partial charge in [-0.2, -0.15) is 0 Å². The summed E-state index contributed by atoms with van der Waals surface area (Å²) in [5, 5.41) is 0. The number of ether oxygens (including phenoxy) is 2. The summed E-state index contributed by atoms with van der Waals surface area (Å²) in [5.41, 5.74) is 0. The summed E-state index contributed by atoms with van der Waals surface area (Å²) >= 11 is 0. The van der Waals surface area contributed by atoms with E-state index in [-0.39, 0.29) is 0 Å². The molecular weight excluding hydrogens is 148 g/mol. The van der Waals surface area contributed by atoms with Crippen LogP contribution in [0.5, 0.6) is 0 Å². The van der Waals surface area contributed by atoms with Gasteiger partial charge in [0.1, 0.15) is 0 Å². The summed E-state index contributed by atoms with van der Waals surface area (Å²) in [6.45, 7) is 5.82.